The van der Waals surface area contributed by atoms with Crippen LogP contribution in [-0.4, -0.2) is 30.0 Å². The first-order chi connectivity index (χ1) is 13.3. The summed E-state index contributed by atoms with van der Waals surface area (Å²) in [5.74, 6) is -1.87. The van der Waals surface area contributed by atoms with Gasteiger partial charge in [-0.1, -0.05) is 18.2 Å². The molecule has 0 aliphatic carbocycles. The van der Waals surface area contributed by atoms with Crippen molar-refractivity contribution in [1.29, 1.82) is 0 Å². The Balaban J connectivity index is 2.03. The third-order valence-corrected chi connectivity index (χ3v) is 3.62. The van der Waals surface area contributed by atoms with E-state index in [9.17, 15) is 24.1 Å². The van der Waals surface area contributed by atoms with Crippen molar-refractivity contribution in [2.45, 2.75) is 13.0 Å². The number of ether oxygens (including phenoxy) is 2. The zero-order chi connectivity index (χ0) is 20.7. The average molecular weight is 388 g/mol. The molecule has 0 aromatic heterocycles. The third-order valence-electron chi connectivity index (χ3n) is 3.62. The molecule has 9 heteroatoms. The van der Waals surface area contributed by atoms with Crippen molar-refractivity contribution in [3.05, 3.63) is 70.0 Å². The molecule has 28 heavy (non-hydrogen) atoms. The maximum absolute atomic E-state index is 13.5. The first kappa shape index (κ1) is 20.6. The van der Waals surface area contributed by atoms with Crippen LogP contribution in [0.15, 0.2) is 48.5 Å². The van der Waals surface area contributed by atoms with Crippen molar-refractivity contribution in [3.63, 3.8) is 0 Å². The van der Waals surface area contributed by atoms with Gasteiger partial charge in [-0.25, -0.2) is 9.18 Å². The lowest BCUT2D eigenvalue weighted by Crippen LogP contribution is -2.29. The number of benzene rings is 2. The molecule has 0 bridgehead atoms. The number of nitrogens with zero attached hydrogens (tertiary/aromatic N) is 1. The fourth-order valence-electron chi connectivity index (χ4n) is 2.18. The van der Waals surface area contributed by atoms with E-state index >= 15 is 0 Å². The van der Waals surface area contributed by atoms with Gasteiger partial charge in [0.25, 0.3) is 11.6 Å². The molecule has 0 radical (unpaired) electrons. The first-order valence-electron chi connectivity index (χ1n) is 8.08. The number of hydrogen-bond donors (Lipinski definition) is 1. The summed E-state index contributed by atoms with van der Waals surface area (Å²) in [6.45, 7) is 1.33. The molecular weight excluding hydrogens is 371 g/mol. The third kappa shape index (κ3) is 5.37. The van der Waals surface area contributed by atoms with Crippen molar-refractivity contribution in [3.8, 4) is 5.75 Å². The Morgan fingerprint density at radius 1 is 1.25 bits per heavy atom. The van der Waals surface area contributed by atoms with Crippen LogP contribution in [0, 0.1) is 15.9 Å². The fourth-order valence-corrected chi connectivity index (χ4v) is 2.18. The lowest BCUT2D eigenvalue weighted by molar-refractivity contribution is -0.384. The minimum Gasteiger partial charge on any atom is -0.495 e. The monoisotopic (exact) mass is 388 g/mol. The Bertz CT molecular complexity index is 928. The molecular formula is C19H17FN2O6. The molecule has 1 atom stereocenters. The highest BCUT2D eigenvalue weighted by Gasteiger charge is 2.20. The Morgan fingerprint density at radius 3 is 2.61 bits per heavy atom. The normalized spacial score (nSPS) is 11.7. The van der Waals surface area contributed by atoms with E-state index in [1.54, 1.807) is 6.07 Å². The van der Waals surface area contributed by atoms with E-state index in [0.717, 1.165) is 12.1 Å². The maximum atomic E-state index is 13.5. The molecule has 0 spiro atoms. The molecule has 0 saturated carbocycles. The number of carbonyl (C=O) groups is 2. The lowest BCUT2D eigenvalue weighted by atomic mass is 10.2. The van der Waals surface area contributed by atoms with Gasteiger partial charge in [-0.2, -0.15) is 0 Å². The molecule has 0 heterocycles. The molecule has 0 aliphatic rings. The topological polar surface area (TPSA) is 108 Å². The molecule has 0 saturated heterocycles. The van der Waals surface area contributed by atoms with E-state index < -0.39 is 28.7 Å². The van der Waals surface area contributed by atoms with Crippen LogP contribution in [0.3, 0.4) is 0 Å². The van der Waals surface area contributed by atoms with Gasteiger partial charge in [0, 0.05) is 23.8 Å². The first-order valence-corrected chi connectivity index (χ1v) is 8.08. The van der Waals surface area contributed by atoms with E-state index in [-0.39, 0.29) is 22.7 Å². The Kier molecular flexibility index (Phi) is 6.80. The van der Waals surface area contributed by atoms with Crippen LogP contribution < -0.4 is 10.1 Å². The van der Waals surface area contributed by atoms with Crippen molar-refractivity contribution in [1.82, 2.24) is 0 Å². The summed E-state index contributed by atoms with van der Waals surface area (Å²) in [5, 5.41) is 13.3. The van der Waals surface area contributed by atoms with Crippen LogP contribution in [0.25, 0.3) is 6.08 Å². The van der Waals surface area contributed by atoms with Gasteiger partial charge in [0.15, 0.2) is 6.10 Å². The number of esters is 1. The van der Waals surface area contributed by atoms with Crippen LogP contribution in [0.5, 0.6) is 5.75 Å². The summed E-state index contributed by atoms with van der Waals surface area (Å²) >= 11 is 0. The van der Waals surface area contributed by atoms with E-state index in [1.807, 2.05) is 0 Å². The van der Waals surface area contributed by atoms with Crippen LogP contribution in [0.2, 0.25) is 0 Å². The van der Waals surface area contributed by atoms with Gasteiger partial charge in [-0.05, 0) is 25.1 Å². The number of nitrogens with one attached hydrogen (secondary N) is 1. The summed E-state index contributed by atoms with van der Waals surface area (Å²) in [5.41, 5.74) is 0.0120. The van der Waals surface area contributed by atoms with Crippen molar-refractivity contribution >= 4 is 29.3 Å². The number of rotatable bonds is 7. The van der Waals surface area contributed by atoms with E-state index in [0.29, 0.717) is 0 Å². The van der Waals surface area contributed by atoms with E-state index in [1.165, 1.54) is 50.4 Å². The van der Waals surface area contributed by atoms with Crippen LogP contribution in [0.1, 0.15) is 12.5 Å². The van der Waals surface area contributed by atoms with Crippen LogP contribution >= 0.6 is 0 Å². The second-order valence-electron chi connectivity index (χ2n) is 5.56. The average Bonchev–Trinajstić information content (AvgIpc) is 2.67. The van der Waals surface area contributed by atoms with Gasteiger partial charge in [-0.15, -0.1) is 0 Å². The molecule has 2 aromatic rings. The number of carbonyl (C=O) groups excluding carboxylic acids is 2. The van der Waals surface area contributed by atoms with Gasteiger partial charge in [0.2, 0.25) is 0 Å². The number of nitro groups is 1. The molecule has 0 aliphatic heterocycles. The van der Waals surface area contributed by atoms with E-state index in [4.69, 9.17) is 9.47 Å². The van der Waals surface area contributed by atoms with Gasteiger partial charge in [0.05, 0.1) is 17.7 Å². The highest BCUT2D eigenvalue weighted by Crippen LogP contribution is 2.29. The smallest absolute Gasteiger partial charge is 0.331 e. The summed E-state index contributed by atoms with van der Waals surface area (Å²) in [4.78, 5) is 34.3. The standard InChI is InChI=1S/C19H17FN2O6/c1-12(28-18(23)10-7-13-5-3-4-6-15(13)20)19(24)21-16-11-14(22(25)26)8-9-17(16)27-2/h3-12H,1-2H3,(H,21,24)/b10-7+/t12-/m0/s1. The zero-order valence-corrected chi connectivity index (χ0v) is 15.0. The van der Waals surface area contributed by atoms with Crippen molar-refractivity contribution in [2.24, 2.45) is 0 Å². The van der Waals surface area contributed by atoms with Gasteiger partial charge < -0.3 is 14.8 Å². The number of halogens is 1. The van der Waals surface area contributed by atoms with Gasteiger partial charge in [-0.3, -0.25) is 14.9 Å². The fraction of sp³-hybridized carbons (Fsp3) is 0.158. The quantitative estimate of drug-likeness (QED) is 0.337. The minimum atomic E-state index is -1.21. The van der Waals surface area contributed by atoms with Crippen LogP contribution in [0.4, 0.5) is 15.8 Å². The highest BCUT2D eigenvalue weighted by atomic mass is 19.1. The number of non-ortho nitro benzene ring substituents is 1. The summed E-state index contributed by atoms with van der Waals surface area (Å²) < 4.78 is 23.5. The Hall–Kier alpha value is -3.75. The summed E-state index contributed by atoms with van der Waals surface area (Å²) in [6.07, 6.45) is 1.02. The van der Waals surface area contributed by atoms with Gasteiger partial charge >= 0.3 is 5.97 Å². The minimum absolute atomic E-state index is 0.0616. The molecule has 0 fully saturated rings. The largest absolute Gasteiger partial charge is 0.495 e. The van der Waals surface area contributed by atoms with E-state index in [2.05, 4.69) is 5.32 Å². The number of anilines is 1. The SMILES string of the molecule is COc1ccc([N+](=O)[O-])cc1NC(=O)[C@H](C)OC(=O)/C=C/c1ccccc1F. The molecule has 2 rings (SSSR count). The second kappa shape index (κ2) is 9.26. The Labute approximate surface area is 159 Å². The predicted molar refractivity (Wildman–Crippen MR) is 99.3 cm³/mol. The van der Waals surface area contributed by atoms with Gasteiger partial charge in [0.1, 0.15) is 11.6 Å². The molecule has 146 valence electrons. The number of hydrogen-bond acceptors (Lipinski definition) is 6. The summed E-state index contributed by atoms with van der Waals surface area (Å²) in [7, 11) is 1.34. The maximum Gasteiger partial charge on any atom is 0.331 e. The molecule has 8 nitrogen and oxygen atoms in total. The Morgan fingerprint density at radius 2 is 1.96 bits per heavy atom. The van der Waals surface area contributed by atoms with Crippen LogP contribution in [-0.2, 0) is 14.3 Å². The molecule has 0 unspecified atom stereocenters. The number of nitro benzene ring substituents is 1. The molecule has 1 N–H and O–H groups in total. The second-order valence-corrected chi connectivity index (χ2v) is 5.56. The molecule has 1 amide bonds. The van der Waals surface area contributed by atoms with Crippen molar-refractivity contribution in [2.75, 3.05) is 12.4 Å². The highest BCUT2D eigenvalue weighted by molar-refractivity contribution is 5.97. The van der Waals surface area contributed by atoms with Crippen molar-refractivity contribution < 1.29 is 28.4 Å². The number of amides is 1. The molecule has 2 aromatic carbocycles. The lowest BCUT2D eigenvalue weighted by Gasteiger charge is -2.14. The predicted octanol–water partition coefficient (Wildman–Crippen LogP) is 3.33. The zero-order valence-electron chi connectivity index (χ0n) is 15.0. The number of methoxy groups -OCH3 is 1. The summed E-state index contributed by atoms with van der Waals surface area (Å²) in [6, 6.07) is 9.53.